The number of hydrogen-bond donors (Lipinski definition) is 1. The number of nitrogen functional groups attached to an aromatic ring is 1. The van der Waals surface area contributed by atoms with Gasteiger partial charge in [0.2, 0.25) is 5.88 Å². The van der Waals surface area contributed by atoms with Gasteiger partial charge in [-0.05, 0) is 59.3 Å². The van der Waals surface area contributed by atoms with Crippen LogP contribution in [0.3, 0.4) is 0 Å². The average Bonchev–Trinajstić information content (AvgIpc) is 2.27. The van der Waals surface area contributed by atoms with Gasteiger partial charge < -0.3 is 10.5 Å². The van der Waals surface area contributed by atoms with Crippen LogP contribution in [0.1, 0.15) is 5.56 Å². The quantitative estimate of drug-likeness (QED) is 0.861. The summed E-state index contributed by atoms with van der Waals surface area (Å²) in [4.78, 5) is 4.15. The molecule has 1 heterocycles. The molecule has 16 heavy (non-hydrogen) atoms. The molecule has 0 atom stereocenters. The minimum absolute atomic E-state index is 0.518. The first-order valence-electron chi connectivity index (χ1n) is 4.81. The maximum absolute atomic E-state index is 5.78. The van der Waals surface area contributed by atoms with Crippen LogP contribution in [0.25, 0.3) is 0 Å². The van der Waals surface area contributed by atoms with Gasteiger partial charge in [-0.2, -0.15) is 0 Å². The first kappa shape index (κ1) is 11.2. The lowest BCUT2D eigenvalue weighted by molar-refractivity contribution is 0.463. The number of nitrogens with zero attached hydrogens (tertiary/aromatic N) is 1. The molecule has 2 rings (SSSR count). The van der Waals surface area contributed by atoms with E-state index in [4.69, 9.17) is 10.5 Å². The Morgan fingerprint density at radius 2 is 1.94 bits per heavy atom. The monoisotopic (exact) mass is 326 g/mol. The van der Waals surface area contributed by atoms with Crippen molar-refractivity contribution < 1.29 is 4.74 Å². The van der Waals surface area contributed by atoms with Gasteiger partial charge in [-0.25, -0.2) is 4.98 Å². The lowest BCUT2D eigenvalue weighted by Crippen LogP contribution is -1.93. The topological polar surface area (TPSA) is 48.1 Å². The second-order valence-electron chi connectivity index (χ2n) is 3.44. The molecule has 0 fully saturated rings. The molecule has 0 unspecified atom stereocenters. The zero-order valence-electron chi connectivity index (χ0n) is 8.77. The Bertz CT molecular complexity index is 497. The third kappa shape index (κ3) is 2.63. The number of benzene rings is 1. The van der Waals surface area contributed by atoms with E-state index in [1.165, 1.54) is 3.57 Å². The molecule has 1 aromatic carbocycles. The summed E-state index contributed by atoms with van der Waals surface area (Å²) in [6.45, 7) is 1.91. The van der Waals surface area contributed by atoms with Gasteiger partial charge in [0.1, 0.15) is 5.75 Å². The van der Waals surface area contributed by atoms with Gasteiger partial charge in [-0.3, -0.25) is 0 Å². The van der Waals surface area contributed by atoms with Gasteiger partial charge in [-0.15, -0.1) is 0 Å². The molecule has 4 heteroatoms. The van der Waals surface area contributed by atoms with Crippen LogP contribution in [0.5, 0.6) is 11.6 Å². The van der Waals surface area contributed by atoms with E-state index in [1.807, 2.05) is 31.2 Å². The number of pyridine rings is 1. The Kier molecular flexibility index (Phi) is 3.28. The summed E-state index contributed by atoms with van der Waals surface area (Å²) < 4.78 is 6.74. The largest absolute Gasteiger partial charge is 0.439 e. The lowest BCUT2D eigenvalue weighted by atomic mass is 10.3. The van der Waals surface area contributed by atoms with E-state index in [9.17, 15) is 0 Å². The minimum atomic E-state index is 0.518. The Labute approximate surface area is 108 Å². The molecule has 0 aliphatic rings. The standard InChI is InChI=1S/C12H11IN2O/c1-8-7-15-12(6-11(8)14)16-10-4-2-9(13)3-5-10/h2-7H,1H3,(H2,14,15). The maximum Gasteiger partial charge on any atom is 0.221 e. The van der Waals surface area contributed by atoms with Crippen LogP contribution in [0, 0.1) is 10.5 Å². The number of hydrogen-bond acceptors (Lipinski definition) is 3. The third-order valence-corrected chi connectivity index (χ3v) is 2.87. The maximum atomic E-state index is 5.78. The number of anilines is 1. The van der Waals surface area contributed by atoms with Crippen molar-refractivity contribution in [3.05, 3.63) is 45.7 Å². The molecule has 3 nitrogen and oxygen atoms in total. The van der Waals surface area contributed by atoms with E-state index in [2.05, 4.69) is 27.6 Å². The third-order valence-electron chi connectivity index (χ3n) is 2.16. The summed E-state index contributed by atoms with van der Waals surface area (Å²) in [7, 11) is 0. The van der Waals surface area contributed by atoms with Gasteiger partial charge in [0.15, 0.2) is 0 Å². The van der Waals surface area contributed by atoms with Crippen LogP contribution < -0.4 is 10.5 Å². The Morgan fingerprint density at radius 3 is 2.56 bits per heavy atom. The molecule has 0 radical (unpaired) electrons. The Morgan fingerprint density at radius 1 is 1.25 bits per heavy atom. The van der Waals surface area contributed by atoms with Crippen molar-refractivity contribution in [2.24, 2.45) is 0 Å². The number of rotatable bonds is 2. The highest BCUT2D eigenvalue weighted by atomic mass is 127. The summed E-state index contributed by atoms with van der Waals surface area (Å²) in [6, 6.07) is 9.49. The molecule has 82 valence electrons. The van der Waals surface area contributed by atoms with Crippen LogP contribution >= 0.6 is 22.6 Å². The second-order valence-corrected chi connectivity index (χ2v) is 4.68. The minimum Gasteiger partial charge on any atom is -0.439 e. The van der Waals surface area contributed by atoms with Crippen molar-refractivity contribution in [1.82, 2.24) is 4.98 Å². The molecular weight excluding hydrogens is 315 g/mol. The zero-order valence-corrected chi connectivity index (χ0v) is 10.9. The Balaban J connectivity index is 2.20. The number of aryl methyl sites for hydroxylation is 1. The van der Waals surface area contributed by atoms with Crippen molar-refractivity contribution in [2.75, 3.05) is 5.73 Å². The van der Waals surface area contributed by atoms with Crippen molar-refractivity contribution in [3.63, 3.8) is 0 Å². The number of nitrogens with two attached hydrogens (primary N) is 1. The summed E-state index contributed by atoms with van der Waals surface area (Å²) in [5, 5.41) is 0. The highest BCUT2D eigenvalue weighted by Gasteiger charge is 2.01. The second kappa shape index (κ2) is 4.69. The van der Waals surface area contributed by atoms with Crippen molar-refractivity contribution in [2.45, 2.75) is 6.92 Å². The van der Waals surface area contributed by atoms with Crippen LogP contribution in [0.15, 0.2) is 36.5 Å². The van der Waals surface area contributed by atoms with Gasteiger partial charge >= 0.3 is 0 Å². The molecule has 0 saturated carbocycles. The molecular formula is C12H11IN2O. The highest BCUT2D eigenvalue weighted by Crippen LogP contribution is 2.22. The molecule has 1 aromatic heterocycles. The smallest absolute Gasteiger partial charge is 0.221 e. The van der Waals surface area contributed by atoms with Crippen LogP contribution in [-0.2, 0) is 0 Å². The summed E-state index contributed by atoms with van der Waals surface area (Å²) in [5.41, 5.74) is 7.42. The fourth-order valence-electron chi connectivity index (χ4n) is 1.20. The fraction of sp³-hybridized carbons (Fsp3) is 0.0833. The predicted octanol–water partition coefficient (Wildman–Crippen LogP) is 3.37. The lowest BCUT2D eigenvalue weighted by Gasteiger charge is -2.06. The van der Waals surface area contributed by atoms with E-state index in [0.29, 0.717) is 11.6 Å². The van der Waals surface area contributed by atoms with E-state index >= 15 is 0 Å². The van der Waals surface area contributed by atoms with Gasteiger partial charge in [0, 0.05) is 21.5 Å². The first-order chi connectivity index (χ1) is 7.65. The molecule has 0 aliphatic heterocycles. The fourth-order valence-corrected chi connectivity index (χ4v) is 1.56. The average molecular weight is 326 g/mol. The molecule has 0 aliphatic carbocycles. The van der Waals surface area contributed by atoms with E-state index in [-0.39, 0.29) is 0 Å². The number of aromatic nitrogens is 1. The summed E-state index contributed by atoms with van der Waals surface area (Å²) in [5.74, 6) is 1.28. The van der Waals surface area contributed by atoms with Crippen molar-refractivity contribution in [1.29, 1.82) is 0 Å². The van der Waals surface area contributed by atoms with Gasteiger partial charge in [-0.1, -0.05) is 0 Å². The molecule has 0 saturated heterocycles. The summed E-state index contributed by atoms with van der Waals surface area (Å²) >= 11 is 2.25. The summed E-state index contributed by atoms with van der Waals surface area (Å²) in [6.07, 6.45) is 1.71. The van der Waals surface area contributed by atoms with Crippen molar-refractivity contribution in [3.8, 4) is 11.6 Å². The van der Waals surface area contributed by atoms with Crippen molar-refractivity contribution >= 4 is 28.3 Å². The highest BCUT2D eigenvalue weighted by molar-refractivity contribution is 14.1. The van der Waals surface area contributed by atoms with E-state index < -0.39 is 0 Å². The molecule has 2 N–H and O–H groups in total. The van der Waals surface area contributed by atoms with Crippen LogP contribution in [-0.4, -0.2) is 4.98 Å². The zero-order chi connectivity index (χ0) is 11.5. The molecule has 2 aromatic rings. The van der Waals surface area contributed by atoms with Gasteiger partial charge in [0.25, 0.3) is 0 Å². The first-order valence-corrected chi connectivity index (χ1v) is 5.88. The normalized spacial score (nSPS) is 10.1. The van der Waals surface area contributed by atoms with Crippen LogP contribution in [0.2, 0.25) is 0 Å². The SMILES string of the molecule is Cc1cnc(Oc2ccc(I)cc2)cc1N. The van der Waals surface area contributed by atoms with E-state index in [1.54, 1.807) is 12.3 Å². The predicted molar refractivity (Wildman–Crippen MR) is 72.6 cm³/mol. The Hall–Kier alpha value is -1.30. The van der Waals surface area contributed by atoms with Crippen LogP contribution in [0.4, 0.5) is 5.69 Å². The number of ether oxygens (including phenoxy) is 1. The molecule has 0 spiro atoms. The van der Waals surface area contributed by atoms with E-state index in [0.717, 1.165) is 11.3 Å². The molecule has 0 amide bonds. The molecule has 0 bridgehead atoms. The van der Waals surface area contributed by atoms with Gasteiger partial charge in [0.05, 0.1) is 0 Å². The number of halogens is 1.